The van der Waals surface area contributed by atoms with Crippen molar-refractivity contribution in [3.8, 4) is 0 Å². The van der Waals surface area contributed by atoms with E-state index in [4.69, 9.17) is 0 Å². The van der Waals surface area contributed by atoms with E-state index in [0.29, 0.717) is 25.7 Å². The lowest BCUT2D eigenvalue weighted by atomic mass is 9.74. The van der Waals surface area contributed by atoms with Crippen LogP contribution < -0.4 is 5.32 Å². The Kier molecular flexibility index (Phi) is 4.98. The molecule has 0 aliphatic heterocycles. The Balaban J connectivity index is 1.82. The molecule has 1 aliphatic carbocycles. The highest BCUT2D eigenvalue weighted by molar-refractivity contribution is 5.79. The Labute approximate surface area is 124 Å². The van der Waals surface area contributed by atoms with Crippen LogP contribution in [-0.4, -0.2) is 33.3 Å². The second-order valence-electron chi connectivity index (χ2n) is 5.87. The lowest BCUT2D eigenvalue weighted by Crippen LogP contribution is -2.44. The van der Waals surface area contributed by atoms with Gasteiger partial charge in [-0.05, 0) is 25.3 Å². The monoisotopic (exact) mass is 293 g/mol. The van der Waals surface area contributed by atoms with Gasteiger partial charge in [-0.15, -0.1) is 0 Å². The zero-order valence-corrected chi connectivity index (χ0v) is 12.5. The summed E-state index contributed by atoms with van der Waals surface area (Å²) in [6.45, 7) is 0.243. The third kappa shape index (κ3) is 3.83. The van der Waals surface area contributed by atoms with Gasteiger partial charge in [0.05, 0.1) is 5.41 Å². The number of nitrogens with zero attached hydrogens (tertiary/aromatic N) is 2. The van der Waals surface area contributed by atoms with Crippen LogP contribution in [0.5, 0.6) is 0 Å². The molecule has 1 amide bonds. The van der Waals surface area contributed by atoms with Gasteiger partial charge in [-0.25, -0.2) is 0 Å². The SMILES string of the molecule is Cn1nccc1CCC(=O)NCC1(C(=O)O)CCCCC1. The van der Waals surface area contributed by atoms with Gasteiger partial charge in [0.1, 0.15) is 0 Å². The highest BCUT2D eigenvalue weighted by Crippen LogP contribution is 2.36. The zero-order valence-electron chi connectivity index (χ0n) is 12.5. The molecule has 1 aliphatic rings. The number of aromatic nitrogens is 2. The van der Waals surface area contributed by atoms with E-state index in [1.165, 1.54) is 0 Å². The van der Waals surface area contributed by atoms with Gasteiger partial charge in [0, 0.05) is 31.9 Å². The standard InChI is InChI=1S/C15H23N3O3/c1-18-12(7-10-17-18)5-6-13(19)16-11-15(14(20)21)8-3-2-4-9-15/h7,10H,2-6,8-9,11H2,1H3,(H,16,19)(H,20,21). The second-order valence-corrected chi connectivity index (χ2v) is 5.87. The van der Waals surface area contributed by atoms with Crippen molar-refractivity contribution in [2.45, 2.75) is 44.9 Å². The van der Waals surface area contributed by atoms with Crippen molar-refractivity contribution in [3.05, 3.63) is 18.0 Å². The molecule has 2 N–H and O–H groups in total. The molecule has 6 heteroatoms. The van der Waals surface area contributed by atoms with Crippen molar-refractivity contribution in [3.63, 3.8) is 0 Å². The van der Waals surface area contributed by atoms with Gasteiger partial charge in [-0.2, -0.15) is 5.10 Å². The van der Waals surface area contributed by atoms with E-state index < -0.39 is 11.4 Å². The summed E-state index contributed by atoms with van der Waals surface area (Å²) in [5.41, 5.74) is 0.233. The van der Waals surface area contributed by atoms with Gasteiger partial charge in [0.15, 0.2) is 0 Å². The van der Waals surface area contributed by atoms with Crippen LogP contribution in [0.4, 0.5) is 0 Å². The number of carboxylic acid groups (broad SMARTS) is 1. The maximum Gasteiger partial charge on any atom is 0.311 e. The largest absolute Gasteiger partial charge is 0.481 e. The molecule has 0 aromatic carbocycles. The molecule has 0 bridgehead atoms. The highest BCUT2D eigenvalue weighted by atomic mass is 16.4. The minimum atomic E-state index is -0.783. The van der Waals surface area contributed by atoms with Crippen LogP contribution >= 0.6 is 0 Å². The fraction of sp³-hybridized carbons (Fsp3) is 0.667. The van der Waals surface area contributed by atoms with Crippen molar-refractivity contribution < 1.29 is 14.7 Å². The maximum atomic E-state index is 11.9. The molecule has 116 valence electrons. The number of aliphatic carboxylic acids is 1. The first-order valence-electron chi connectivity index (χ1n) is 7.50. The maximum absolute atomic E-state index is 11.9. The average molecular weight is 293 g/mol. The molecule has 1 saturated carbocycles. The smallest absolute Gasteiger partial charge is 0.311 e. The number of carbonyl (C=O) groups excluding carboxylic acids is 1. The molecular formula is C15H23N3O3. The summed E-state index contributed by atoms with van der Waals surface area (Å²) >= 11 is 0. The van der Waals surface area contributed by atoms with Gasteiger partial charge in [-0.1, -0.05) is 19.3 Å². The minimum Gasteiger partial charge on any atom is -0.481 e. The van der Waals surface area contributed by atoms with Crippen LogP contribution in [0.2, 0.25) is 0 Å². The first kappa shape index (κ1) is 15.5. The highest BCUT2D eigenvalue weighted by Gasteiger charge is 2.39. The lowest BCUT2D eigenvalue weighted by Gasteiger charge is -2.33. The van der Waals surface area contributed by atoms with E-state index in [9.17, 15) is 14.7 Å². The molecule has 0 saturated heterocycles. The van der Waals surface area contributed by atoms with E-state index >= 15 is 0 Å². The third-order valence-electron chi connectivity index (χ3n) is 4.42. The van der Waals surface area contributed by atoms with Gasteiger partial charge in [0.2, 0.25) is 5.91 Å². The van der Waals surface area contributed by atoms with Gasteiger partial charge in [-0.3, -0.25) is 14.3 Å². The lowest BCUT2D eigenvalue weighted by molar-refractivity contribution is -0.151. The van der Waals surface area contributed by atoms with E-state index in [2.05, 4.69) is 10.4 Å². The zero-order chi connectivity index (χ0) is 15.3. The van der Waals surface area contributed by atoms with Crippen molar-refractivity contribution in [2.24, 2.45) is 12.5 Å². The number of rotatable bonds is 6. The van der Waals surface area contributed by atoms with Crippen molar-refractivity contribution in [1.29, 1.82) is 0 Å². The Morgan fingerprint density at radius 1 is 1.38 bits per heavy atom. The van der Waals surface area contributed by atoms with Crippen LogP contribution in [0.3, 0.4) is 0 Å². The number of nitrogens with one attached hydrogen (secondary N) is 1. The van der Waals surface area contributed by atoms with Gasteiger partial charge in [0.25, 0.3) is 0 Å². The van der Waals surface area contributed by atoms with Crippen LogP contribution in [0.15, 0.2) is 12.3 Å². The first-order chi connectivity index (χ1) is 10.0. The molecule has 21 heavy (non-hydrogen) atoms. The molecule has 2 rings (SSSR count). The summed E-state index contributed by atoms with van der Waals surface area (Å²) in [5, 5.41) is 16.3. The van der Waals surface area contributed by atoms with Crippen molar-refractivity contribution >= 4 is 11.9 Å². The fourth-order valence-electron chi connectivity index (χ4n) is 2.94. The molecule has 1 aromatic heterocycles. The molecule has 1 heterocycles. The Morgan fingerprint density at radius 2 is 2.10 bits per heavy atom. The number of carbonyl (C=O) groups is 2. The van der Waals surface area contributed by atoms with Crippen molar-refractivity contribution in [1.82, 2.24) is 15.1 Å². The minimum absolute atomic E-state index is 0.0950. The number of amides is 1. The molecule has 0 unspecified atom stereocenters. The Hall–Kier alpha value is -1.85. The summed E-state index contributed by atoms with van der Waals surface area (Å²) < 4.78 is 1.74. The Bertz CT molecular complexity index is 504. The van der Waals surface area contributed by atoms with Crippen LogP contribution in [-0.2, 0) is 23.1 Å². The van der Waals surface area contributed by atoms with Crippen LogP contribution in [0, 0.1) is 5.41 Å². The predicted octanol–water partition coefficient (Wildman–Crippen LogP) is 1.50. The van der Waals surface area contributed by atoms with E-state index in [0.717, 1.165) is 25.0 Å². The number of hydrogen-bond acceptors (Lipinski definition) is 3. The summed E-state index contributed by atoms with van der Waals surface area (Å²) in [7, 11) is 1.84. The predicted molar refractivity (Wildman–Crippen MR) is 77.7 cm³/mol. The van der Waals surface area contributed by atoms with Gasteiger partial charge >= 0.3 is 5.97 Å². The summed E-state index contributed by atoms with van der Waals surface area (Å²) in [6.07, 6.45) is 6.93. The van der Waals surface area contributed by atoms with E-state index in [-0.39, 0.29) is 12.5 Å². The van der Waals surface area contributed by atoms with Gasteiger partial charge < -0.3 is 10.4 Å². The van der Waals surface area contributed by atoms with Crippen LogP contribution in [0.1, 0.15) is 44.2 Å². The van der Waals surface area contributed by atoms with Crippen molar-refractivity contribution in [2.75, 3.05) is 6.54 Å². The summed E-state index contributed by atoms with van der Waals surface area (Å²) in [4.78, 5) is 23.4. The van der Waals surface area contributed by atoms with E-state index in [1.807, 2.05) is 13.1 Å². The fourth-order valence-corrected chi connectivity index (χ4v) is 2.94. The molecule has 6 nitrogen and oxygen atoms in total. The quantitative estimate of drug-likeness (QED) is 0.832. The number of aryl methyl sites for hydroxylation is 2. The topological polar surface area (TPSA) is 84.2 Å². The summed E-state index contributed by atoms with van der Waals surface area (Å²) in [5.74, 6) is -0.878. The summed E-state index contributed by atoms with van der Waals surface area (Å²) in [6, 6.07) is 1.88. The normalized spacial score (nSPS) is 17.4. The third-order valence-corrected chi connectivity index (χ3v) is 4.42. The molecule has 1 aromatic rings. The van der Waals surface area contributed by atoms with Crippen LogP contribution in [0.25, 0.3) is 0 Å². The second kappa shape index (κ2) is 6.74. The molecule has 0 radical (unpaired) electrons. The number of carboxylic acids is 1. The Morgan fingerprint density at radius 3 is 2.67 bits per heavy atom. The molecule has 1 fully saturated rings. The van der Waals surface area contributed by atoms with E-state index in [1.54, 1.807) is 10.9 Å². The first-order valence-corrected chi connectivity index (χ1v) is 7.50. The molecule has 0 atom stereocenters. The molecular weight excluding hydrogens is 270 g/mol. The number of hydrogen-bond donors (Lipinski definition) is 2. The average Bonchev–Trinajstić information content (AvgIpc) is 2.89. The molecule has 0 spiro atoms.